The number of hydrogen-bond donors (Lipinski definition) is 2. The molecule has 5 heteroatoms. The highest BCUT2D eigenvalue weighted by atomic mass is 16.4. The number of carboxylic acid groups (broad SMARTS) is 1. The molecule has 0 aliphatic rings. The third kappa shape index (κ3) is 3.44. The number of furan rings is 1. The molecule has 2 rings (SSSR count). The number of aryl methyl sites for hydroxylation is 2. The van der Waals surface area contributed by atoms with Gasteiger partial charge in [-0.15, -0.1) is 0 Å². The number of rotatable bonds is 5. The lowest BCUT2D eigenvalue weighted by atomic mass is 9.85. The number of nitrogens with one attached hydrogen (secondary N) is 1. The summed E-state index contributed by atoms with van der Waals surface area (Å²) in [7, 11) is 0. The van der Waals surface area contributed by atoms with Crippen molar-refractivity contribution in [3.8, 4) is 0 Å². The molecule has 0 aliphatic heterocycles. The SMILES string of the molecule is CCc1oc(C(=O)Nc2ccc(C(C)(C)C(=O)O)cc2)cc1C. The molecule has 1 aromatic heterocycles. The molecule has 5 nitrogen and oxygen atoms in total. The Morgan fingerprint density at radius 2 is 1.83 bits per heavy atom. The van der Waals surface area contributed by atoms with Gasteiger partial charge in [-0.25, -0.2) is 0 Å². The standard InChI is InChI=1S/C18H21NO4/c1-5-14-11(2)10-15(23-14)16(20)19-13-8-6-12(7-9-13)18(3,4)17(21)22/h6-10H,5H2,1-4H3,(H,19,20)(H,21,22). The van der Waals surface area contributed by atoms with Crippen molar-refractivity contribution in [3.63, 3.8) is 0 Å². The van der Waals surface area contributed by atoms with E-state index in [-0.39, 0.29) is 11.7 Å². The zero-order chi connectivity index (χ0) is 17.2. The summed E-state index contributed by atoms with van der Waals surface area (Å²) in [6.07, 6.45) is 0.734. The number of aliphatic carboxylic acids is 1. The third-order valence-corrected chi connectivity index (χ3v) is 3.96. The van der Waals surface area contributed by atoms with E-state index in [9.17, 15) is 14.7 Å². The first-order chi connectivity index (χ1) is 10.8. The summed E-state index contributed by atoms with van der Waals surface area (Å²) >= 11 is 0. The molecule has 0 saturated carbocycles. The quantitative estimate of drug-likeness (QED) is 0.880. The smallest absolute Gasteiger partial charge is 0.313 e. The van der Waals surface area contributed by atoms with E-state index in [0.29, 0.717) is 11.3 Å². The van der Waals surface area contributed by atoms with Gasteiger partial charge in [-0.3, -0.25) is 9.59 Å². The van der Waals surface area contributed by atoms with Crippen LogP contribution in [0.5, 0.6) is 0 Å². The van der Waals surface area contributed by atoms with Crippen molar-refractivity contribution >= 4 is 17.6 Å². The zero-order valence-corrected chi connectivity index (χ0v) is 13.8. The second-order valence-corrected chi connectivity index (χ2v) is 6.03. The van der Waals surface area contributed by atoms with Crippen molar-refractivity contribution in [2.45, 2.75) is 39.5 Å². The normalized spacial score (nSPS) is 11.3. The fourth-order valence-electron chi connectivity index (χ4n) is 2.27. The molecular weight excluding hydrogens is 294 g/mol. The van der Waals surface area contributed by atoms with Crippen LogP contribution in [0, 0.1) is 6.92 Å². The van der Waals surface area contributed by atoms with Gasteiger partial charge >= 0.3 is 5.97 Å². The maximum absolute atomic E-state index is 12.2. The molecule has 23 heavy (non-hydrogen) atoms. The van der Waals surface area contributed by atoms with Crippen LogP contribution in [0.4, 0.5) is 5.69 Å². The molecule has 2 N–H and O–H groups in total. The highest BCUT2D eigenvalue weighted by Crippen LogP contribution is 2.25. The predicted octanol–water partition coefficient (Wildman–Crippen LogP) is 3.76. The number of amides is 1. The van der Waals surface area contributed by atoms with Crippen LogP contribution >= 0.6 is 0 Å². The van der Waals surface area contributed by atoms with E-state index in [2.05, 4.69) is 5.32 Å². The summed E-state index contributed by atoms with van der Waals surface area (Å²) in [6.45, 7) is 7.15. The van der Waals surface area contributed by atoms with E-state index < -0.39 is 11.4 Å². The minimum Gasteiger partial charge on any atom is -0.481 e. The van der Waals surface area contributed by atoms with Crippen molar-refractivity contribution in [2.24, 2.45) is 0 Å². The van der Waals surface area contributed by atoms with Crippen molar-refractivity contribution in [2.75, 3.05) is 5.32 Å². The number of carbonyl (C=O) groups is 2. The lowest BCUT2D eigenvalue weighted by Gasteiger charge is -2.19. The van der Waals surface area contributed by atoms with Crippen molar-refractivity contribution in [1.29, 1.82) is 0 Å². The van der Waals surface area contributed by atoms with Gasteiger partial charge in [0.05, 0.1) is 5.41 Å². The van der Waals surface area contributed by atoms with E-state index in [1.807, 2.05) is 13.8 Å². The molecule has 0 atom stereocenters. The molecule has 2 aromatic rings. The highest BCUT2D eigenvalue weighted by Gasteiger charge is 2.29. The molecule has 1 amide bonds. The second-order valence-electron chi connectivity index (χ2n) is 6.03. The van der Waals surface area contributed by atoms with Crippen molar-refractivity contribution < 1.29 is 19.1 Å². The molecule has 0 radical (unpaired) electrons. The van der Waals surface area contributed by atoms with Crippen LogP contribution in [0.15, 0.2) is 34.7 Å². The van der Waals surface area contributed by atoms with E-state index in [4.69, 9.17) is 4.42 Å². The van der Waals surface area contributed by atoms with E-state index in [1.165, 1.54) is 0 Å². The molecule has 0 bridgehead atoms. The average molecular weight is 315 g/mol. The summed E-state index contributed by atoms with van der Waals surface area (Å²) in [5.74, 6) is -0.145. The van der Waals surface area contributed by atoms with Gasteiger partial charge in [0.15, 0.2) is 5.76 Å². The lowest BCUT2D eigenvalue weighted by Crippen LogP contribution is -2.28. The Labute approximate surface area is 135 Å². The van der Waals surface area contributed by atoms with Gasteiger partial charge in [0.1, 0.15) is 5.76 Å². The number of carboxylic acids is 1. The van der Waals surface area contributed by atoms with E-state index in [0.717, 1.165) is 17.7 Å². The molecular formula is C18H21NO4. The molecule has 1 heterocycles. The minimum absolute atomic E-state index is 0.272. The maximum Gasteiger partial charge on any atom is 0.313 e. The first-order valence-electron chi connectivity index (χ1n) is 7.50. The minimum atomic E-state index is -0.976. The van der Waals surface area contributed by atoms with Crippen LogP contribution < -0.4 is 5.32 Å². The Morgan fingerprint density at radius 3 is 2.30 bits per heavy atom. The van der Waals surface area contributed by atoms with E-state index in [1.54, 1.807) is 44.2 Å². The first-order valence-corrected chi connectivity index (χ1v) is 7.50. The number of hydrogen-bond acceptors (Lipinski definition) is 3. The van der Waals surface area contributed by atoms with Gasteiger partial charge in [-0.05, 0) is 50.1 Å². The first kappa shape index (κ1) is 16.8. The van der Waals surface area contributed by atoms with Gasteiger partial charge in [-0.2, -0.15) is 0 Å². The second kappa shape index (κ2) is 6.28. The lowest BCUT2D eigenvalue weighted by molar-refractivity contribution is -0.142. The summed E-state index contributed by atoms with van der Waals surface area (Å²) in [6, 6.07) is 8.50. The molecule has 0 unspecified atom stereocenters. The number of anilines is 1. The van der Waals surface area contributed by atoms with Gasteiger partial charge in [0, 0.05) is 12.1 Å². The van der Waals surface area contributed by atoms with Crippen molar-refractivity contribution in [3.05, 3.63) is 53.0 Å². The topological polar surface area (TPSA) is 79.5 Å². The monoisotopic (exact) mass is 315 g/mol. The summed E-state index contributed by atoms with van der Waals surface area (Å²) < 4.78 is 5.52. The van der Waals surface area contributed by atoms with Crippen LogP contribution in [0.1, 0.15) is 48.2 Å². The average Bonchev–Trinajstić information content (AvgIpc) is 2.89. The maximum atomic E-state index is 12.2. The van der Waals surface area contributed by atoms with Crippen molar-refractivity contribution in [1.82, 2.24) is 0 Å². The van der Waals surface area contributed by atoms with Crippen LogP contribution in [-0.2, 0) is 16.6 Å². The van der Waals surface area contributed by atoms with Gasteiger partial charge in [-0.1, -0.05) is 19.1 Å². The van der Waals surface area contributed by atoms with Gasteiger partial charge in [0.2, 0.25) is 0 Å². The fourth-order valence-corrected chi connectivity index (χ4v) is 2.27. The highest BCUT2D eigenvalue weighted by molar-refractivity contribution is 6.02. The third-order valence-electron chi connectivity index (χ3n) is 3.96. The molecule has 0 aliphatic carbocycles. The molecule has 1 aromatic carbocycles. The Bertz CT molecular complexity index is 726. The van der Waals surface area contributed by atoms with Crippen LogP contribution in [-0.4, -0.2) is 17.0 Å². The summed E-state index contributed by atoms with van der Waals surface area (Å²) in [5, 5.41) is 12.0. The number of benzene rings is 1. The molecule has 122 valence electrons. The molecule has 0 saturated heterocycles. The Hall–Kier alpha value is -2.56. The Morgan fingerprint density at radius 1 is 1.22 bits per heavy atom. The van der Waals surface area contributed by atoms with Crippen LogP contribution in [0.3, 0.4) is 0 Å². The van der Waals surface area contributed by atoms with Crippen LogP contribution in [0.2, 0.25) is 0 Å². The zero-order valence-electron chi connectivity index (χ0n) is 13.8. The summed E-state index contributed by atoms with van der Waals surface area (Å²) in [5.41, 5.74) is 1.24. The summed E-state index contributed by atoms with van der Waals surface area (Å²) in [4.78, 5) is 23.4. The van der Waals surface area contributed by atoms with Gasteiger partial charge in [0.25, 0.3) is 5.91 Å². The molecule has 0 spiro atoms. The predicted molar refractivity (Wildman–Crippen MR) is 87.9 cm³/mol. The Balaban J connectivity index is 2.14. The van der Waals surface area contributed by atoms with E-state index >= 15 is 0 Å². The number of carbonyl (C=O) groups excluding carboxylic acids is 1. The van der Waals surface area contributed by atoms with Gasteiger partial charge < -0.3 is 14.8 Å². The largest absolute Gasteiger partial charge is 0.481 e. The molecule has 0 fully saturated rings. The Kier molecular flexibility index (Phi) is 4.59. The van der Waals surface area contributed by atoms with Crippen LogP contribution in [0.25, 0.3) is 0 Å². The fraction of sp³-hybridized carbons (Fsp3) is 0.333.